The molecule has 0 spiro atoms. The predicted octanol–water partition coefficient (Wildman–Crippen LogP) is 3.72. The molecule has 0 fully saturated rings. The standard InChI is InChI=1S/C21H22N2O5/c1-15(27-13-16-3-5-18(6-4-16)21(24)25)28-20(23-12-11-22-14-23)17-7-9-19(26-2)10-8-17/h3-12,14-15,20H,13H2,1-2H3,(H,24,25). The van der Waals surface area contributed by atoms with Gasteiger partial charge in [0.15, 0.2) is 12.5 Å². The van der Waals surface area contributed by atoms with E-state index in [1.807, 2.05) is 42.0 Å². The summed E-state index contributed by atoms with van der Waals surface area (Å²) in [6, 6.07) is 14.2. The van der Waals surface area contributed by atoms with Gasteiger partial charge in [0.1, 0.15) is 5.75 Å². The van der Waals surface area contributed by atoms with E-state index >= 15 is 0 Å². The van der Waals surface area contributed by atoms with Crippen LogP contribution in [0.15, 0.2) is 67.3 Å². The summed E-state index contributed by atoms with van der Waals surface area (Å²) in [6.07, 6.45) is 4.29. The maximum absolute atomic E-state index is 10.9. The molecule has 3 aromatic rings. The van der Waals surface area contributed by atoms with Crippen molar-refractivity contribution in [1.82, 2.24) is 9.55 Å². The number of imidazole rings is 1. The highest BCUT2D eigenvalue weighted by Crippen LogP contribution is 2.24. The summed E-state index contributed by atoms with van der Waals surface area (Å²) in [4.78, 5) is 15.0. The molecule has 146 valence electrons. The summed E-state index contributed by atoms with van der Waals surface area (Å²) < 4.78 is 19.0. The Kier molecular flexibility index (Phi) is 6.41. The first kappa shape index (κ1) is 19.6. The monoisotopic (exact) mass is 382 g/mol. The molecular weight excluding hydrogens is 360 g/mol. The number of rotatable bonds is 9. The van der Waals surface area contributed by atoms with Crippen LogP contribution in [-0.4, -0.2) is 34.0 Å². The molecule has 0 aliphatic carbocycles. The molecule has 28 heavy (non-hydrogen) atoms. The van der Waals surface area contributed by atoms with Gasteiger partial charge in [0, 0.05) is 18.0 Å². The van der Waals surface area contributed by atoms with E-state index in [1.54, 1.807) is 43.9 Å². The van der Waals surface area contributed by atoms with E-state index in [2.05, 4.69) is 4.98 Å². The molecule has 1 heterocycles. The highest BCUT2D eigenvalue weighted by molar-refractivity contribution is 5.87. The average molecular weight is 382 g/mol. The lowest BCUT2D eigenvalue weighted by molar-refractivity contribution is -0.175. The Morgan fingerprint density at radius 2 is 1.86 bits per heavy atom. The molecule has 1 N–H and O–H groups in total. The van der Waals surface area contributed by atoms with Crippen LogP contribution in [0.2, 0.25) is 0 Å². The zero-order valence-electron chi connectivity index (χ0n) is 15.7. The molecule has 2 atom stereocenters. The summed E-state index contributed by atoms with van der Waals surface area (Å²) in [5.41, 5.74) is 2.04. The Morgan fingerprint density at radius 1 is 1.14 bits per heavy atom. The number of carbonyl (C=O) groups is 1. The van der Waals surface area contributed by atoms with Gasteiger partial charge in [0.2, 0.25) is 0 Å². The minimum atomic E-state index is -0.952. The number of ether oxygens (including phenoxy) is 3. The molecule has 0 aliphatic rings. The second-order valence-electron chi connectivity index (χ2n) is 6.15. The van der Waals surface area contributed by atoms with Gasteiger partial charge in [-0.05, 0) is 36.8 Å². The Morgan fingerprint density at radius 3 is 2.43 bits per heavy atom. The lowest BCUT2D eigenvalue weighted by Gasteiger charge is -2.24. The molecule has 1 aromatic heterocycles. The van der Waals surface area contributed by atoms with Gasteiger partial charge >= 0.3 is 5.97 Å². The fraction of sp³-hybridized carbons (Fsp3) is 0.238. The number of aromatic carboxylic acids is 1. The smallest absolute Gasteiger partial charge is 0.335 e. The van der Waals surface area contributed by atoms with Crippen LogP contribution in [0.1, 0.15) is 34.6 Å². The van der Waals surface area contributed by atoms with Crippen molar-refractivity contribution >= 4 is 5.97 Å². The molecule has 0 aliphatic heterocycles. The first-order valence-electron chi connectivity index (χ1n) is 8.77. The van der Waals surface area contributed by atoms with Gasteiger partial charge in [-0.1, -0.05) is 24.3 Å². The number of nitrogens with zero attached hydrogens (tertiary/aromatic N) is 2. The molecular formula is C21H22N2O5. The van der Waals surface area contributed by atoms with Gasteiger partial charge in [-0.15, -0.1) is 0 Å². The third-order valence-corrected chi connectivity index (χ3v) is 4.20. The lowest BCUT2D eigenvalue weighted by atomic mass is 10.1. The number of methoxy groups -OCH3 is 1. The van der Waals surface area contributed by atoms with Crippen LogP contribution in [0.3, 0.4) is 0 Å². The van der Waals surface area contributed by atoms with E-state index in [0.29, 0.717) is 6.61 Å². The van der Waals surface area contributed by atoms with Crippen molar-refractivity contribution in [2.45, 2.75) is 26.0 Å². The fourth-order valence-corrected chi connectivity index (χ4v) is 2.68. The van der Waals surface area contributed by atoms with Crippen molar-refractivity contribution in [1.29, 1.82) is 0 Å². The van der Waals surface area contributed by atoms with E-state index in [0.717, 1.165) is 16.9 Å². The molecule has 7 nitrogen and oxygen atoms in total. The molecule has 2 aromatic carbocycles. The largest absolute Gasteiger partial charge is 0.497 e. The van der Waals surface area contributed by atoms with E-state index in [-0.39, 0.29) is 5.56 Å². The lowest BCUT2D eigenvalue weighted by Crippen LogP contribution is -2.21. The van der Waals surface area contributed by atoms with E-state index < -0.39 is 18.5 Å². The van der Waals surface area contributed by atoms with Crippen molar-refractivity contribution in [3.8, 4) is 5.75 Å². The maximum Gasteiger partial charge on any atom is 0.335 e. The van der Waals surface area contributed by atoms with Crippen molar-refractivity contribution in [3.05, 3.63) is 83.9 Å². The summed E-state index contributed by atoms with van der Waals surface area (Å²) in [6.45, 7) is 2.12. The van der Waals surface area contributed by atoms with Gasteiger partial charge in [-0.3, -0.25) is 0 Å². The summed E-state index contributed by atoms with van der Waals surface area (Å²) in [7, 11) is 1.62. The zero-order chi connectivity index (χ0) is 19.9. The molecule has 0 radical (unpaired) electrons. The summed E-state index contributed by atoms with van der Waals surface area (Å²) >= 11 is 0. The first-order chi connectivity index (χ1) is 13.6. The number of carboxylic acids is 1. The topological polar surface area (TPSA) is 82.8 Å². The number of benzene rings is 2. The predicted molar refractivity (Wildman–Crippen MR) is 102 cm³/mol. The number of aromatic nitrogens is 2. The number of carboxylic acid groups (broad SMARTS) is 1. The van der Waals surface area contributed by atoms with Gasteiger partial charge in [0.05, 0.1) is 25.6 Å². The highest BCUT2D eigenvalue weighted by atomic mass is 16.7. The Hall–Kier alpha value is -3.16. The van der Waals surface area contributed by atoms with Gasteiger partial charge in [-0.2, -0.15) is 0 Å². The first-order valence-corrected chi connectivity index (χ1v) is 8.77. The summed E-state index contributed by atoms with van der Waals surface area (Å²) in [5, 5.41) is 8.96. The minimum absolute atomic E-state index is 0.243. The Labute approximate surface area is 163 Å². The molecule has 0 amide bonds. The maximum atomic E-state index is 10.9. The van der Waals surface area contributed by atoms with Crippen LogP contribution in [-0.2, 0) is 16.1 Å². The number of hydrogen-bond acceptors (Lipinski definition) is 5. The number of hydrogen-bond donors (Lipinski definition) is 1. The van der Waals surface area contributed by atoms with Gasteiger partial charge in [0.25, 0.3) is 0 Å². The fourth-order valence-electron chi connectivity index (χ4n) is 2.68. The molecule has 7 heteroatoms. The van der Waals surface area contributed by atoms with Crippen LogP contribution in [0.5, 0.6) is 5.75 Å². The van der Waals surface area contributed by atoms with E-state index in [4.69, 9.17) is 19.3 Å². The molecule has 0 bridgehead atoms. The van der Waals surface area contributed by atoms with Crippen molar-refractivity contribution in [2.24, 2.45) is 0 Å². The molecule has 0 saturated carbocycles. The van der Waals surface area contributed by atoms with Crippen molar-refractivity contribution in [2.75, 3.05) is 7.11 Å². The Bertz CT molecular complexity index is 876. The Balaban J connectivity index is 1.65. The third-order valence-electron chi connectivity index (χ3n) is 4.20. The zero-order valence-corrected chi connectivity index (χ0v) is 15.7. The van der Waals surface area contributed by atoms with Crippen molar-refractivity contribution in [3.63, 3.8) is 0 Å². The molecule has 3 rings (SSSR count). The van der Waals surface area contributed by atoms with Crippen LogP contribution < -0.4 is 4.74 Å². The van der Waals surface area contributed by atoms with Crippen molar-refractivity contribution < 1.29 is 24.1 Å². The quantitative estimate of drug-likeness (QED) is 0.568. The molecule has 2 unspecified atom stereocenters. The van der Waals surface area contributed by atoms with Gasteiger partial charge in [-0.25, -0.2) is 9.78 Å². The highest BCUT2D eigenvalue weighted by Gasteiger charge is 2.18. The van der Waals surface area contributed by atoms with Crippen LogP contribution in [0, 0.1) is 0 Å². The van der Waals surface area contributed by atoms with E-state index in [1.165, 1.54) is 0 Å². The normalized spacial score (nSPS) is 13.1. The molecule has 0 saturated heterocycles. The average Bonchev–Trinajstić information content (AvgIpc) is 3.25. The summed E-state index contributed by atoms with van der Waals surface area (Å²) in [5.74, 6) is -0.186. The SMILES string of the molecule is COc1ccc(C(OC(C)OCc2ccc(C(=O)O)cc2)n2ccnc2)cc1. The third kappa shape index (κ3) is 4.97. The second-order valence-corrected chi connectivity index (χ2v) is 6.15. The van der Waals surface area contributed by atoms with Crippen LogP contribution in [0.4, 0.5) is 0 Å². The van der Waals surface area contributed by atoms with Crippen LogP contribution >= 0.6 is 0 Å². The van der Waals surface area contributed by atoms with E-state index in [9.17, 15) is 4.79 Å². The van der Waals surface area contributed by atoms with Crippen LogP contribution in [0.25, 0.3) is 0 Å². The minimum Gasteiger partial charge on any atom is -0.497 e. The second kappa shape index (κ2) is 9.16. The van der Waals surface area contributed by atoms with Gasteiger partial charge < -0.3 is 23.9 Å².